The van der Waals surface area contributed by atoms with E-state index in [2.05, 4.69) is 5.32 Å². The van der Waals surface area contributed by atoms with E-state index in [1.54, 1.807) is 12.1 Å². The number of hydrogen-bond donors (Lipinski definition) is 2. The van der Waals surface area contributed by atoms with E-state index in [1.807, 2.05) is 42.5 Å². The van der Waals surface area contributed by atoms with E-state index >= 15 is 0 Å². The molecule has 2 aromatic carbocycles. The first kappa shape index (κ1) is 17.3. The van der Waals surface area contributed by atoms with E-state index < -0.39 is 0 Å². The first-order valence-corrected chi connectivity index (χ1v) is 8.63. The van der Waals surface area contributed by atoms with Crippen molar-refractivity contribution in [2.24, 2.45) is 11.7 Å². The molecule has 3 N–H and O–H groups in total. The van der Waals surface area contributed by atoms with Gasteiger partial charge in [0.25, 0.3) is 5.91 Å². The summed E-state index contributed by atoms with van der Waals surface area (Å²) in [7, 11) is 0. The molecular weight excluding hydrogens is 316 g/mol. The minimum absolute atomic E-state index is 0.00651. The molecule has 1 aliphatic rings. The lowest BCUT2D eigenvalue weighted by Crippen LogP contribution is -2.43. The van der Waals surface area contributed by atoms with Crippen molar-refractivity contribution < 1.29 is 14.3 Å². The van der Waals surface area contributed by atoms with Gasteiger partial charge in [-0.05, 0) is 48.6 Å². The molecule has 2 aromatic rings. The van der Waals surface area contributed by atoms with Crippen LogP contribution in [0.5, 0.6) is 11.5 Å². The molecule has 0 radical (unpaired) electrons. The normalized spacial score (nSPS) is 14.6. The van der Waals surface area contributed by atoms with Crippen LogP contribution in [-0.2, 0) is 11.4 Å². The van der Waals surface area contributed by atoms with E-state index in [0.29, 0.717) is 24.8 Å². The second kappa shape index (κ2) is 8.53. The number of nitrogens with two attached hydrogens (primary N) is 1. The summed E-state index contributed by atoms with van der Waals surface area (Å²) < 4.78 is 11.2. The monoisotopic (exact) mass is 340 g/mol. The highest BCUT2D eigenvalue weighted by molar-refractivity contribution is 5.78. The Morgan fingerprint density at radius 1 is 1.04 bits per heavy atom. The summed E-state index contributed by atoms with van der Waals surface area (Å²) in [5.41, 5.74) is 6.80. The van der Waals surface area contributed by atoms with E-state index in [0.717, 1.165) is 24.2 Å². The lowest BCUT2D eigenvalue weighted by molar-refractivity contribution is -0.123. The van der Waals surface area contributed by atoms with Gasteiger partial charge in [0.05, 0.1) is 0 Å². The molecule has 1 unspecified atom stereocenters. The molecule has 0 saturated heterocycles. The molecule has 25 heavy (non-hydrogen) atoms. The predicted molar refractivity (Wildman–Crippen MR) is 96.4 cm³/mol. The summed E-state index contributed by atoms with van der Waals surface area (Å²) in [6.45, 7) is 0.988. The summed E-state index contributed by atoms with van der Waals surface area (Å²) in [4.78, 5) is 11.9. The van der Waals surface area contributed by atoms with Crippen molar-refractivity contribution in [1.82, 2.24) is 5.32 Å². The Kier molecular flexibility index (Phi) is 5.90. The maximum absolute atomic E-state index is 11.9. The zero-order valence-corrected chi connectivity index (χ0v) is 14.2. The van der Waals surface area contributed by atoms with Gasteiger partial charge in [0, 0.05) is 12.6 Å². The fourth-order valence-corrected chi connectivity index (χ4v) is 2.64. The second-order valence-corrected chi connectivity index (χ2v) is 6.28. The smallest absolute Gasteiger partial charge is 0.258 e. The van der Waals surface area contributed by atoms with Crippen molar-refractivity contribution in [3.05, 3.63) is 60.2 Å². The molecule has 1 saturated carbocycles. The average Bonchev–Trinajstić information content (AvgIpc) is 3.49. The van der Waals surface area contributed by atoms with Gasteiger partial charge in [-0.3, -0.25) is 4.79 Å². The van der Waals surface area contributed by atoms with Gasteiger partial charge in [0.1, 0.15) is 18.1 Å². The number of ether oxygens (including phenoxy) is 2. The zero-order valence-electron chi connectivity index (χ0n) is 14.2. The summed E-state index contributed by atoms with van der Waals surface area (Å²) in [5.74, 6) is 1.80. The van der Waals surface area contributed by atoms with Crippen LogP contribution in [0.15, 0.2) is 54.6 Å². The van der Waals surface area contributed by atoms with Crippen molar-refractivity contribution in [3.63, 3.8) is 0 Å². The first-order chi connectivity index (χ1) is 12.2. The fraction of sp³-hybridized carbons (Fsp3) is 0.350. The van der Waals surface area contributed by atoms with E-state index in [1.165, 1.54) is 0 Å². The number of hydrogen-bond acceptors (Lipinski definition) is 4. The molecule has 5 heteroatoms. The summed E-state index contributed by atoms with van der Waals surface area (Å²) >= 11 is 0. The van der Waals surface area contributed by atoms with Crippen LogP contribution < -0.4 is 20.5 Å². The molecule has 1 atom stereocenters. The molecule has 0 aliphatic heterocycles. The zero-order chi connectivity index (χ0) is 17.5. The van der Waals surface area contributed by atoms with Gasteiger partial charge in [-0.25, -0.2) is 0 Å². The van der Waals surface area contributed by atoms with E-state index in [-0.39, 0.29) is 18.6 Å². The Morgan fingerprint density at radius 3 is 2.28 bits per heavy atom. The minimum atomic E-state index is -0.133. The van der Waals surface area contributed by atoms with Crippen molar-refractivity contribution in [3.8, 4) is 11.5 Å². The van der Waals surface area contributed by atoms with Gasteiger partial charge in [0.2, 0.25) is 0 Å². The van der Waals surface area contributed by atoms with E-state index in [4.69, 9.17) is 15.2 Å². The van der Waals surface area contributed by atoms with Crippen molar-refractivity contribution in [2.75, 3.05) is 13.2 Å². The maximum atomic E-state index is 11.9. The lowest BCUT2D eigenvalue weighted by atomic mass is 10.2. The van der Waals surface area contributed by atoms with Crippen LogP contribution in [0, 0.1) is 5.92 Å². The van der Waals surface area contributed by atoms with Crippen LogP contribution in [0.25, 0.3) is 0 Å². The van der Waals surface area contributed by atoms with Crippen LogP contribution in [0.1, 0.15) is 18.4 Å². The van der Waals surface area contributed by atoms with Gasteiger partial charge < -0.3 is 20.5 Å². The standard InChI is InChI=1S/C20H24N2O3/c21-12-19(16-6-7-16)22-20(23)14-25-18-10-8-17(9-11-18)24-13-15-4-2-1-3-5-15/h1-5,8-11,16,19H,6-7,12-14,21H2,(H,22,23). The Labute approximate surface area is 148 Å². The molecule has 1 fully saturated rings. The molecule has 1 aliphatic carbocycles. The minimum Gasteiger partial charge on any atom is -0.489 e. The quantitative estimate of drug-likeness (QED) is 0.735. The third kappa shape index (κ3) is 5.50. The maximum Gasteiger partial charge on any atom is 0.258 e. The fourth-order valence-electron chi connectivity index (χ4n) is 2.64. The lowest BCUT2D eigenvalue weighted by Gasteiger charge is -2.16. The second-order valence-electron chi connectivity index (χ2n) is 6.28. The van der Waals surface area contributed by atoms with Gasteiger partial charge in [0.15, 0.2) is 6.61 Å². The summed E-state index contributed by atoms with van der Waals surface area (Å²) in [6.07, 6.45) is 2.29. The Balaban J connectivity index is 1.42. The Morgan fingerprint density at radius 2 is 1.68 bits per heavy atom. The third-order valence-corrected chi connectivity index (χ3v) is 4.23. The highest BCUT2D eigenvalue weighted by Crippen LogP contribution is 2.32. The predicted octanol–water partition coefficient (Wildman–Crippen LogP) is 2.50. The SMILES string of the molecule is NCC(NC(=O)COc1ccc(OCc2ccccc2)cc1)C1CC1. The third-order valence-electron chi connectivity index (χ3n) is 4.23. The molecule has 3 rings (SSSR count). The molecule has 5 nitrogen and oxygen atoms in total. The van der Waals surface area contributed by atoms with Gasteiger partial charge in [-0.2, -0.15) is 0 Å². The van der Waals surface area contributed by atoms with E-state index in [9.17, 15) is 4.79 Å². The topological polar surface area (TPSA) is 73.6 Å². The van der Waals surface area contributed by atoms with Crippen molar-refractivity contribution in [2.45, 2.75) is 25.5 Å². The van der Waals surface area contributed by atoms with Crippen LogP contribution >= 0.6 is 0 Å². The van der Waals surface area contributed by atoms with Crippen LogP contribution in [-0.4, -0.2) is 25.1 Å². The summed E-state index contributed by atoms with van der Waals surface area (Å²) in [6, 6.07) is 17.3. The molecule has 0 heterocycles. The number of benzene rings is 2. The Bertz CT molecular complexity index is 669. The van der Waals surface area contributed by atoms with Crippen molar-refractivity contribution >= 4 is 5.91 Å². The van der Waals surface area contributed by atoms with Gasteiger partial charge in [-0.1, -0.05) is 30.3 Å². The van der Waals surface area contributed by atoms with Crippen molar-refractivity contribution in [1.29, 1.82) is 0 Å². The number of rotatable bonds is 9. The van der Waals surface area contributed by atoms with Gasteiger partial charge in [-0.15, -0.1) is 0 Å². The highest BCUT2D eigenvalue weighted by atomic mass is 16.5. The number of carbonyl (C=O) groups excluding carboxylic acids is 1. The van der Waals surface area contributed by atoms with Crippen LogP contribution in [0.3, 0.4) is 0 Å². The molecule has 0 bridgehead atoms. The summed E-state index contributed by atoms with van der Waals surface area (Å²) in [5, 5.41) is 2.94. The number of amides is 1. The van der Waals surface area contributed by atoms with Gasteiger partial charge >= 0.3 is 0 Å². The molecule has 0 aromatic heterocycles. The van der Waals surface area contributed by atoms with Crippen LogP contribution in [0.4, 0.5) is 0 Å². The molecule has 0 spiro atoms. The first-order valence-electron chi connectivity index (χ1n) is 8.63. The van der Waals surface area contributed by atoms with Crippen LogP contribution in [0.2, 0.25) is 0 Å². The number of nitrogens with one attached hydrogen (secondary N) is 1. The highest BCUT2D eigenvalue weighted by Gasteiger charge is 2.31. The average molecular weight is 340 g/mol. The molecule has 132 valence electrons. The largest absolute Gasteiger partial charge is 0.489 e. The Hall–Kier alpha value is -2.53. The molecule has 1 amide bonds. The number of carbonyl (C=O) groups is 1. The molecular formula is C20H24N2O3.